The number of carbonyl (C=O) groups excluding carboxylic acids is 2. The highest BCUT2D eigenvalue weighted by Crippen LogP contribution is 2.30. The van der Waals surface area contributed by atoms with Crippen molar-refractivity contribution in [2.75, 3.05) is 14.1 Å². The highest BCUT2D eigenvalue weighted by molar-refractivity contribution is 5.91. The summed E-state index contributed by atoms with van der Waals surface area (Å²) in [5.41, 5.74) is 0.934. The third-order valence-electron chi connectivity index (χ3n) is 6.77. The lowest BCUT2D eigenvalue weighted by Gasteiger charge is -2.40. The molecule has 0 aliphatic carbocycles. The third kappa shape index (κ3) is 7.53. The Morgan fingerprint density at radius 3 is 2.11 bits per heavy atom. The van der Waals surface area contributed by atoms with E-state index in [9.17, 15) is 19.5 Å². The molecule has 200 valence electrons. The number of hydrogen-bond acceptors (Lipinski definition) is 4. The number of nitrogens with one attached hydrogen (secondary N) is 2. The van der Waals surface area contributed by atoms with Gasteiger partial charge in [0.25, 0.3) is 0 Å². The lowest BCUT2D eigenvalue weighted by atomic mass is 9.76. The van der Waals surface area contributed by atoms with Gasteiger partial charge in [-0.2, -0.15) is 0 Å². The van der Waals surface area contributed by atoms with Crippen LogP contribution >= 0.6 is 0 Å². The van der Waals surface area contributed by atoms with Crippen LogP contribution in [-0.2, 0) is 19.8 Å². The lowest BCUT2D eigenvalue weighted by Crippen LogP contribution is -2.61. The number of carboxylic acid groups (broad SMARTS) is 1. The highest BCUT2D eigenvalue weighted by Gasteiger charge is 2.41. The molecule has 1 aromatic carbocycles. The Bertz CT molecular complexity index is 988. The largest absolute Gasteiger partial charge is 0.478 e. The van der Waals surface area contributed by atoms with Crippen molar-refractivity contribution >= 4 is 23.9 Å². The van der Waals surface area contributed by atoms with Crippen LogP contribution in [0.3, 0.4) is 0 Å². The zero-order valence-corrected chi connectivity index (χ0v) is 23.6. The fourth-order valence-corrected chi connectivity index (χ4v) is 4.36. The van der Waals surface area contributed by atoms with Crippen molar-refractivity contribution in [1.82, 2.24) is 15.5 Å². The second-order valence-corrected chi connectivity index (χ2v) is 11.4. The molecule has 0 unspecified atom stereocenters. The number of nitrogens with zero attached hydrogens (tertiary/aromatic N) is 1. The van der Waals surface area contributed by atoms with Gasteiger partial charge in [0, 0.05) is 18.0 Å². The van der Waals surface area contributed by atoms with Gasteiger partial charge in [0.1, 0.15) is 6.04 Å². The van der Waals surface area contributed by atoms with Gasteiger partial charge in [-0.15, -0.1) is 0 Å². The van der Waals surface area contributed by atoms with Gasteiger partial charge in [-0.3, -0.25) is 9.59 Å². The van der Waals surface area contributed by atoms with Gasteiger partial charge in [0.15, 0.2) is 0 Å². The van der Waals surface area contributed by atoms with E-state index >= 15 is 0 Å². The maximum atomic E-state index is 13.7. The number of amides is 2. The molecule has 0 radical (unpaired) electrons. The first kappa shape index (κ1) is 31.1. The second kappa shape index (κ2) is 12.3. The zero-order chi connectivity index (χ0) is 28.0. The molecule has 1 rings (SSSR count). The standard InChI is InChI=1S/C29H45N3O4/c1-12-20-14-13-15-21(17-20)29(8,9)23(30-10)25(33)31-24(28(5,6)7)26(34)32(11)22(18(2)3)16-19(4)27(35)36/h12-18,22-24,30H,1H2,2-11H3,(H,31,33)(H,35,36)/b19-16+/t22-,23+,24-/m1/s1. The van der Waals surface area contributed by atoms with Crippen LogP contribution in [0.5, 0.6) is 0 Å². The Kier molecular flexibility index (Phi) is 10.7. The van der Waals surface area contributed by atoms with Gasteiger partial charge in [-0.25, -0.2) is 4.79 Å². The van der Waals surface area contributed by atoms with E-state index in [4.69, 9.17) is 0 Å². The van der Waals surface area contributed by atoms with Crippen LogP contribution in [0.15, 0.2) is 42.5 Å². The molecule has 3 N–H and O–H groups in total. The lowest BCUT2D eigenvalue weighted by molar-refractivity contribution is -0.141. The molecule has 7 heteroatoms. The summed E-state index contributed by atoms with van der Waals surface area (Å²) in [7, 11) is 3.39. The van der Waals surface area contributed by atoms with Crippen LogP contribution in [-0.4, -0.2) is 60.0 Å². The zero-order valence-electron chi connectivity index (χ0n) is 23.6. The molecule has 1 aromatic rings. The molecule has 0 fully saturated rings. The van der Waals surface area contributed by atoms with Crippen molar-refractivity contribution in [3.63, 3.8) is 0 Å². The molecule has 0 aliphatic heterocycles. The first-order valence-electron chi connectivity index (χ1n) is 12.4. The number of hydrogen-bond donors (Lipinski definition) is 3. The molecule has 0 aliphatic rings. The number of carboxylic acids is 1. The average molecular weight is 500 g/mol. The highest BCUT2D eigenvalue weighted by atomic mass is 16.4. The quantitative estimate of drug-likeness (QED) is 0.396. The van der Waals surface area contributed by atoms with E-state index in [0.717, 1.165) is 11.1 Å². The summed E-state index contributed by atoms with van der Waals surface area (Å²) >= 11 is 0. The van der Waals surface area contributed by atoms with E-state index < -0.39 is 34.9 Å². The van der Waals surface area contributed by atoms with Crippen molar-refractivity contribution in [3.8, 4) is 0 Å². The van der Waals surface area contributed by atoms with E-state index in [1.165, 1.54) is 6.92 Å². The van der Waals surface area contributed by atoms with E-state index in [-0.39, 0.29) is 23.3 Å². The minimum Gasteiger partial charge on any atom is -0.478 e. The second-order valence-electron chi connectivity index (χ2n) is 11.4. The van der Waals surface area contributed by atoms with Gasteiger partial charge in [0.05, 0.1) is 12.1 Å². The Balaban J connectivity index is 3.34. The van der Waals surface area contributed by atoms with Gasteiger partial charge < -0.3 is 20.6 Å². The molecule has 0 saturated carbocycles. The van der Waals surface area contributed by atoms with Crippen molar-refractivity contribution in [3.05, 3.63) is 53.6 Å². The molecule has 0 spiro atoms. The summed E-state index contributed by atoms with van der Waals surface area (Å²) in [6.45, 7) is 18.9. The first-order valence-corrected chi connectivity index (χ1v) is 12.4. The van der Waals surface area contributed by atoms with Gasteiger partial charge in [-0.1, -0.05) is 91.5 Å². The monoisotopic (exact) mass is 499 g/mol. The number of rotatable bonds is 11. The Labute approximate surface area is 217 Å². The molecule has 0 bridgehead atoms. The van der Waals surface area contributed by atoms with Gasteiger partial charge in [-0.05, 0) is 36.4 Å². The first-order chi connectivity index (χ1) is 16.5. The molecular weight excluding hydrogens is 454 g/mol. The minimum absolute atomic E-state index is 0.0225. The van der Waals surface area contributed by atoms with Crippen molar-refractivity contribution < 1.29 is 19.5 Å². The van der Waals surface area contributed by atoms with E-state index in [1.54, 1.807) is 31.1 Å². The average Bonchev–Trinajstić information content (AvgIpc) is 2.79. The molecule has 0 saturated heterocycles. The van der Waals surface area contributed by atoms with E-state index in [0.29, 0.717) is 0 Å². The normalized spacial score (nSPS) is 15.1. The third-order valence-corrected chi connectivity index (χ3v) is 6.77. The van der Waals surface area contributed by atoms with E-state index in [2.05, 4.69) is 17.2 Å². The van der Waals surface area contributed by atoms with Gasteiger partial charge >= 0.3 is 5.97 Å². The predicted octanol–water partition coefficient (Wildman–Crippen LogP) is 4.24. The maximum absolute atomic E-state index is 13.7. The predicted molar refractivity (Wildman–Crippen MR) is 147 cm³/mol. The number of carbonyl (C=O) groups is 3. The SMILES string of the molecule is C=Cc1cccc(C(C)(C)[C@@H](NC)C(=O)N[C@H](C(=O)N(C)[C@H](/C=C(\C)C(=O)O)C(C)C)C(C)(C)C)c1. The number of benzene rings is 1. The summed E-state index contributed by atoms with van der Waals surface area (Å²) in [6.07, 6.45) is 3.36. The van der Waals surface area contributed by atoms with Crippen LogP contribution in [0.4, 0.5) is 0 Å². The molecule has 0 heterocycles. The topological polar surface area (TPSA) is 98.7 Å². The summed E-state index contributed by atoms with van der Waals surface area (Å²) in [6, 6.07) is 6.01. The number of likely N-dealkylation sites (N-methyl/N-ethyl adjacent to an activating group) is 2. The van der Waals surface area contributed by atoms with Crippen LogP contribution in [0.25, 0.3) is 6.08 Å². The molecular formula is C29H45N3O4. The van der Waals surface area contributed by atoms with Crippen molar-refractivity contribution in [1.29, 1.82) is 0 Å². The summed E-state index contributed by atoms with van der Waals surface area (Å²) in [5.74, 6) is -1.61. The van der Waals surface area contributed by atoms with Crippen LogP contribution in [0.1, 0.15) is 66.5 Å². The molecule has 36 heavy (non-hydrogen) atoms. The van der Waals surface area contributed by atoms with Gasteiger partial charge in [0.2, 0.25) is 11.8 Å². The van der Waals surface area contributed by atoms with Crippen molar-refractivity contribution in [2.24, 2.45) is 11.3 Å². The molecule has 7 nitrogen and oxygen atoms in total. The molecule has 0 aromatic heterocycles. The minimum atomic E-state index is -1.03. The van der Waals surface area contributed by atoms with Crippen LogP contribution in [0, 0.1) is 11.3 Å². The molecule has 3 atom stereocenters. The Morgan fingerprint density at radius 2 is 1.67 bits per heavy atom. The molecule has 2 amide bonds. The maximum Gasteiger partial charge on any atom is 0.331 e. The van der Waals surface area contributed by atoms with Crippen molar-refractivity contribution in [2.45, 2.75) is 78.9 Å². The Hall–Kier alpha value is -2.93. The smallest absolute Gasteiger partial charge is 0.331 e. The summed E-state index contributed by atoms with van der Waals surface area (Å²) in [4.78, 5) is 40.3. The van der Waals surface area contributed by atoms with Crippen LogP contribution in [0.2, 0.25) is 0 Å². The fourth-order valence-electron chi connectivity index (χ4n) is 4.36. The summed E-state index contributed by atoms with van der Waals surface area (Å²) in [5, 5.41) is 15.5. The number of aliphatic carboxylic acids is 1. The Morgan fingerprint density at radius 1 is 1.08 bits per heavy atom. The summed E-state index contributed by atoms with van der Waals surface area (Å²) < 4.78 is 0. The fraction of sp³-hybridized carbons (Fsp3) is 0.552. The van der Waals surface area contributed by atoms with Crippen LogP contribution < -0.4 is 10.6 Å². The van der Waals surface area contributed by atoms with E-state index in [1.807, 2.05) is 72.7 Å².